The zero-order valence-electron chi connectivity index (χ0n) is 13.6. The topological polar surface area (TPSA) is 84.7 Å². The number of amides is 1. The van der Waals surface area contributed by atoms with Crippen LogP contribution in [0.4, 0.5) is 10.2 Å². The van der Waals surface area contributed by atoms with Crippen molar-refractivity contribution in [2.24, 2.45) is 0 Å². The molecule has 0 unspecified atom stereocenters. The third-order valence-corrected chi connectivity index (χ3v) is 3.43. The lowest BCUT2D eigenvalue weighted by molar-refractivity contribution is 0.0955. The summed E-state index contributed by atoms with van der Waals surface area (Å²) in [5.41, 5.74) is 1.32. The molecule has 0 aliphatic carbocycles. The molecule has 0 fully saturated rings. The molecule has 3 aromatic rings. The third-order valence-electron chi connectivity index (χ3n) is 3.43. The average molecular weight is 340 g/mol. The third kappa shape index (κ3) is 4.37. The van der Waals surface area contributed by atoms with E-state index in [-0.39, 0.29) is 11.7 Å². The number of hydrogen-bond acceptors (Lipinski definition) is 5. The van der Waals surface area contributed by atoms with E-state index in [1.54, 1.807) is 10.7 Å². The molecule has 0 aliphatic rings. The first-order chi connectivity index (χ1) is 12.1. The van der Waals surface area contributed by atoms with Gasteiger partial charge in [0, 0.05) is 30.9 Å². The van der Waals surface area contributed by atoms with Crippen LogP contribution in [0, 0.1) is 12.7 Å². The number of nitrogens with one attached hydrogen (secondary N) is 2. The van der Waals surface area contributed by atoms with E-state index < -0.39 is 0 Å². The van der Waals surface area contributed by atoms with Crippen LogP contribution in [0.3, 0.4) is 0 Å². The number of nitrogens with zero attached hydrogens (tertiary/aromatic N) is 4. The predicted molar refractivity (Wildman–Crippen MR) is 91.1 cm³/mol. The van der Waals surface area contributed by atoms with Crippen LogP contribution in [-0.4, -0.2) is 38.7 Å². The normalized spacial score (nSPS) is 10.5. The fraction of sp³-hybridized carbons (Fsp3) is 0.176. The molecule has 0 bridgehead atoms. The molecular weight excluding hydrogens is 323 g/mol. The first-order valence-electron chi connectivity index (χ1n) is 7.74. The summed E-state index contributed by atoms with van der Waals surface area (Å²) in [5, 5.41) is 10.2. The second kappa shape index (κ2) is 7.52. The molecule has 128 valence electrons. The Kier molecular flexibility index (Phi) is 4.98. The van der Waals surface area contributed by atoms with Gasteiger partial charge < -0.3 is 10.6 Å². The van der Waals surface area contributed by atoms with Crippen LogP contribution in [0.25, 0.3) is 5.82 Å². The molecule has 0 saturated carbocycles. The highest BCUT2D eigenvalue weighted by Gasteiger charge is 2.05. The highest BCUT2D eigenvalue weighted by Crippen LogP contribution is 2.08. The van der Waals surface area contributed by atoms with Crippen LogP contribution in [0.1, 0.15) is 16.1 Å². The Hall–Kier alpha value is -3.29. The quantitative estimate of drug-likeness (QED) is 0.670. The summed E-state index contributed by atoms with van der Waals surface area (Å²) in [4.78, 5) is 20.2. The van der Waals surface area contributed by atoms with Crippen molar-refractivity contribution >= 4 is 11.7 Å². The number of aryl methyl sites for hydroxylation is 1. The van der Waals surface area contributed by atoms with Gasteiger partial charge in [0.15, 0.2) is 5.82 Å². The molecule has 0 atom stereocenters. The summed E-state index contributed by atoms with van der Waals surface area (Å²) in [6.45, 7) is 2.79. The average Bonchev–Trinajstić information content (AvgIpc) is 3.06. The second-order valence-corrected chi connectivity index (χ2v) is 5.35. The molecule has 1 aromatic carbocycles. The van der Waals surface area contributed by atoms with Crippen LogP contribution < -0.4 is 10.6 Å². The number of aromatic nitrogens is 4. The highest BCUT2D eigenvalue weighted by atomic mass is 19.1. The number of hydrogen-bond donors (Lipinski definition) is 2. The van der Waals surface area contributed by atoms with Gasteiger partial charge in [-0.25, -0.2) is 19.0 Å². The first kappa shape index (κ1) is 16.6. The van der Waals surface area contributed by atoms with E-state index >= 15 is 0 Å². The number of benzene rings is 1. The Morgan fingerprint density at radius 2 is 1.96 bits per heavy atom. The maximum absolute atomic E-state index is 12.8. The van der Waals surface area contributed by atoms with Crippen molar-refractivity contribution in [3.63, 3.8) is 0 Å². The van der Waals surface area contributed by atoms with Crippen LogP contribution in [0.15, 0.2) is 48.9 Å². The molecule has 8 heteroatoms. The van der Waals surface area contributed by atoms with Crippen molar-refractivity contribution in [2.45, 2.75) is 6.92 Å². The van der Waals surface area contributed by atoms with Gasteiger partial charge in [-0.05, 0) is 37.3 Å². The second-order valence-electron chi connectivity index (χ2n) is 5.35. The van der Waals surface area contributed by atoms with Gasteiger partial charge in [-0.2, -0.15) is 5.10 Å². The molecule has 0 radical (unpaired) electrons. The highest BCUT2D eigenvalue weighted by molar-refractivity contribution is 5.94. The van der Waals surface area contributed by atoms with Crippen LogP contribution >= 0.6 is 0 Å². The van der Waals surface area contributed by atoms with E-state index in [0.717, 1.165) is 5.69 Å². The largest absolute Gasteiger partial charge is 0.368 e. The van der Waals surface area contributed by atoms with E-state index in [1.807, 2.05) is 19.2 Å². The minimum atomic E-state index is -0.370. The number of rotatable bonds is 6. The molecular formula is C17H17FN6O. The van der Waals surface area contributed by atoms with Gasteiger partial charge in [-0.3, -0.25) is 4.79 Å². The lowest BCUT2D eigenvalue weighted by atomic mass is 10.2. The zero-order valence-corrected chi connectivity index (χ0v) is 13.6. The molecule has 7 nitrogen and oxygen atoms in total. The molecule has 0 saturated heterocycles. The van der Waals surface area contributed by atoms with E-state index in [1.165, 1.54) is 30.6 Å². The molecule has 0 aliphatic heterocycles. The molecule has 1 amide bonds. The van der Waals surface area contributed by atoms with Gasteiger partial charge in [0.25, 0.3) is 5.91 Å². The minimum absolute atomic E-state index is 0.253. The minimum Gasteiger partial charge on any atom is -0.368 e. The Morgan fingerprint density at radius 1 is 1.16 bits per heavy atom. The lowest BCUT2D eigenvalue weighted by Gasteiger charge is -2.08. The summed E-state index contributed by atoms with van der Waals surface area (Å²) < 4.78 is 14.5. The van der Waals surface area contributed by atoms with Gasteiger partial charge in [0.05, 0.1) is 5.69 Å². The lowest BCUT2D eigenvalue weighted by Crippen LogP contribution is -2.28. The SMILES string of the molecule is Cc1ccn(-c2cc(NCCNC(=O)c3ccc(F)cc3)ncn2)n1. The maximum atomic E-state index is 12.8. The molecule has 0 spiro atoms. The number of carbonyl (C=O) groups excluding carboxylic acids is 1. The zero-order chi connectivity index (χ0) is 17.6. The number of halogens is 1. The van der Waals surface area contributed by atoms with Crippen LogP contribution in [-0.2, 0) is 0 Å². The fourth-order valence-electron chi connectivity index (χ4n) is 2.18. The number of carbonyl (C=O) groups is 1. The Morgan fingerprint density at radius 3 is 2.68 bits per heavy atom. The first-order valence-corrected chi connectivity index (χ1v) is 7.74. The summed E-state index contributed by atoms with van der Waals surface area (Å²) in [6, 6.07) is 9.06. The van der Waals surface area contributed by atoms with Crippen molar-refractivity contribution in [3.05, 3.63) is 66.0 Å². The maximum Gasteiger partial charge on any atom is 0.251 e. The van der Waals surface area contributed by atoms with Crippen molar-refractivity contribution < 1.29 is 9.18 Å². The van der Waals surface area contributed by atoms with Gasteiger partial charge >= 0.3 is 0 Å². The van der Waals surface area contributed by atoms with Gasteiger partial charge in [-0.15, -0.1) is 0 Å². The molecule has 25 heavy (non-hydrogen) atoms. The summed E-state index contributed by atoms with van der Waals surface area (Å²) >= 11 is 0. The van der Waals surface area contributed by atoms with Gasteiger partial charge in [0.2, 0.25) is 0 Å². The number of anilines is 1. The fourth-order valence-corrected chi connectivity index (χ4v) is 2.18. The molecule has 3 rings (SSSR count). The van der Waals surface area contributed by atoms with Crippen molar-refractivity contribution in [2.75, 3.05) is 18.4 Å². The van der Waals surface area contributed by atoms with E-state index in [4.69, 9.17) is 0 Å². The summed E-state index contributed by atoms with van der Waals surface area (Å²) in [7, 11) is 0. The smallest absolute Gasteiger partial charge is 0.251 e. The molecule has 2 heterocycles. The summed E-state index contributed by atoms with van der Waals surface area (Å²) in [5.74, 6) is 0.664. The Labute approximate surface area is 143 Å². The van der Waals surface area contributed by atoms with Crippen LogP contribution in [0.5, 0.6) is 0 Å². The van der Waals surface area contributed by atoms with Gasteiger partial charge in [0.1, 0.15) is 18.0 Å². The van der Waals surface area contributed by atoms with Crippen molar-refractivity contribution in [3.8, 4) is 5.82 Å². The van der Waals surface area contributed by atoms with E-state index in [2.05, 4.69) is 25.7 Å². The Bertz CT molecular complexity index is 862. The van der Waals surface area contributed by atoms with Crippen molar-refractivity contribution in [1.29, 1.82) is 0 Å². The Balaban J connectivity index is 1.50. The molecule has 2 aromatic heterocycles. The summed E-state index contributed by atoms with van der Waals surface area (Å²) in [6.07, 6.45) is 3.27. The van der Waals surface area contributed by atoms with E-state index in [9.17, 15) is 9.18 Å². The monoisotopic (exact) mass is 340 g/mol. The van der Waals surface area contributed by atoms with Crippen LogP contribution in [0.2, 0.25) is 0 Å². The van der Waals surface area contributed by atoms with Gasteiger partial charge in [-0.1, -0.05) is 0 Å². The standard InChI is InChI=1S/C17H17FN6O/c1-12-6-9-24(23-12)16-10-15(21-11-22-16)19-7-8-20-17(25)13-2-4-14(18)5-3-13/h2-6,9-11H,7-8H2,1H3,(H,20,25)(H,19,21,22). The molecule has 2 N–H and O–H groups in total. The van der Waals surface area contributed by atoms with E-state index in [0.29, 0.717) is 30.3 Å². The van der Waals surface area contributed by atoms with Crippen molar-refractivity contribution in [1.82, 2.24) is 25.1 Å². The predicted octanol–water partition coefficient (Wildman–Crippen LogP) is 1.95.